The molecule has 0 saturated carbocycles. The Morgan fingerprint density at radius 3 is 2.50 bits per heavy atom. The maximum atomic E-state index is 12.4. The third kappa shape index (κ3) is 4.10. The molecule has 3 nitrogen and oxygen atoms in total. The smallest absolute Gasteiger partial charge is 0.416 e. The standard InChI is InChI=1S/C12H16F3NO2/c1-8(5-6-17-2)18-11-4-3-9(7-10(11)16)12(13,14)15/h3-4,7-8H,5-6,16H2,1-2H3. The molecular formula is C12H16F3NO2. The normalized spacial score (nSPS) is 13.4. The first-order valence-electron chi connectivity index (χ1n) is 5.47. The number of methoxy groups -OCH3 is 1. The van der Waals surface area contributed by atoms with Gasteiger partial charge >= 0.3 is 6.18 Å². The Kier molecular flexibility index (Phi) is 4.84. The third-order valence-electron chi connectivity index (χ3n) is 2.39. The van der Waals surface area contributed by atoms with Crippen LogP contribution in [-0.2, 0) is 10.9 Å². The lowest BCUT2D eigenvalue weighted by atomic mass is 10.2. The SMILES string of the molecule is COCCC(C)Oc1ccc(C(F)(F)F)cc1N. The first kappa shape index (κ1) is 14.6. The van der Waals surface area contributed by atoms with Gasteiger partial charge in [-0.2, -0.15) is 13.2 Å². The van der Waals surface area contributed by atoms with Crippen molar-refractivity contribution in [3.8, 4) is 5.75 Å². The minimum Gasteiger partial charge on any atom is -0.488 e. The maximum Gasteiger partial charge on any atom is 0.416 e. The van der Waals surface area contributed by atoms with E-state index in [2.05, 4.69) is 0 Å². The van der Waals surface area contributed by atoms with Crippen LogP contribution in [0.15, 0.2) is 18.2 Å². The summed E-state index contributed by atoms with van der Waals surface area (Å²) in [6, 6.07) is 3.06. The molecule has 0 saturated heterocycles. The lowest BCUT2D eigenvalue weighted by Crippen LogP contribution is -2.15. The van der Waals surface area contributed by atoms with Crippen LogP contribution in [0.5, 0.6) is 5.75 Å². The molecule has 2 N–H and O–H groups in total. The van der Waals surface area contributed by atoms with Gasteiger partial charge in [-0.25, -0.2) is 0 Å². The number of nitrogen functional groups attached to an aromatic ring is 1. The van der Waals surface area contributed by atoms with Crippen LogP contribution in [-0.4, -0.2) is 19.8 Å². The quantitative estimate of drug-likeness (QED) is 0.830. The number of anilines is 1. The van der Waals surface area contributed by atoms with Crippen molar-refractivity contribution in [3.05, 3.63) is 23.8 Å². The van der Waals surface area contributed by atoms with E-state index in [1.165, 1.54) is 6.07 Å². The van der Waals surface area contributed by atoms with Gasteiger partial charge in [0.15, 0.2) is 0 Å². The zero-order valence-corrected chi connectivity index (χ0v) is 10.3. The summed E-state index contributed by atoms with van der Waals surface area (Å²) in [4.78, 5) is 0. The minimum atomic E-state index is -4.39. The fourth-order valence-electron chi connectivity index (χ4n) is 1.39. The summed E-state index contributed by atoms with van der Waals surface area (Å²) in [6.45, 7) is 2.32. The molecule has 1 atom stereocenters. The molecule has 0 heterocycles. The zero-order valence-electron chi connectivity index (χ0n) is 10.3. The summed E-state index contributed by atoms with van der Waals surface area (Å²) >= 11 is 0. The Balaban J connectivity index is 2.74. The molecule has 0 fully saturated rings. The fourth-order valence-corrected chi connectivity index (χ4v) is 1.39. The van der Waals surface area contributed by atoms with Crippen molar-refractivity contribution < 1.29 is 22.6 Å². The molecule has 0 radical (unpaired) electrons. The van der Waals surface area contributed by atoms with Crippen LogP contribution in [0.1, 0.15) is 18.9 Å². The summed E-state index contributed by atoms with van der Waals surface area (Å²) in [5.41, 5.74) is 4.74. The lowest BCUT2D eigenvalue weighted by Gasteiger charge is -2.17. The molecule has 102 valence electrons. The van der Waals surface area contributed by atoms with Crippen molar-refractivity contribution in [1.82, 2.24) is 0 Å². The average Bonchev–Trinajstić information content (AvgIpc) is 2.27. The largest absolute Gasteiger partial charge is 0.488 e. The van der Waals surface area contributed by atoms with Crippen molar-refractivity contribution in [2.75, 3.05) is 19.5 Å². The van der Waals surface area contributed by atoms with Crippen LogP contribution in [0.25, 0.3) is 0 Å². The number of nitrogens with two attached hydrogens (primary N) is 1. The molecule has 0 bridgehead atoms. The van der Waals surface area contributed by atoms with Crippen LogP contribution < -0.4 is 10.5 Å². The Morgan fingerprint density at radius 1 is 1.33 bits per heavy atom. The van der Waals surface area contributed by atoms with Crippen molar-refractivity contribution in [3.63, 3.8) is 0 Å². The average molecular weight is 263 g/mol. The summed E-state index contributed by atoms with van der Waals surface area (Å²) in [5, 5.41) is 0. The number of alkyl halides is 3. The van der Waals surface area contributed by atoms with Gasteiger partial charge in [0.2, 0.25) is 0 Å². The van der Waals surface area contributed by atoms with Gasteiger partial charge in [-0.3, -0.25) is 0 Å². The molecule has 18 heavy (non-hydrogen) atoms. The van der Waals surface area contributed by atoms with E-state index in [0.717, 1.165) is 12.1 Å². The summed E-state index contributed by atoms with van der Waals surface area (Å²) in [7, 11) is 1.57. The van der Waals surface area contributed by atoms with Crippen LogP contribution in [0.4, 0.5) is 18.9 Å². The Labute approximate surface area is 104 Å². The van der Waals surface area contributed by atoms with Crippen LogP contribution in [0.2, 0.25) is 0 Å². The van der Waals surface area contributed by atoms with E-state index < -0.39 is 11.7 Å². The molecule has 1 aromatic rings. The topological polar surface area (TPSA) is 44.5 Å². The van der Waals surface area contributed by atoms with Crippen molar-refractivity contribution >= 4 is 5.69 Å². The number of halogens is 3. The fraction of sp³-hybridized carbons (Fsp3) is 0.500. The summed E-state index contributed by atoms with van der Waals surface area (Å²) < 4.78 is 47.6. The van der Waals surface area contributed by atoms with Gasteiger partial charge in [0.25, 0.3) is 0 Å². The predicted octanol–water partition coefficient (Wildman–Crippen LogP) is 3.09. The van der Waals surface area contributed by atoms with E-state index in [-0.39, 0.29) is 17.5 Å². The van der Waals surface area contributed by atoms with Gasteiger partial charge < -0.3 is 15.2 Å². The van der Waals surface area contributed by atoms with E-state index >= 15 is 0 Å². The van der Waals surface area contributed by atoms with E-state index in [0.29, 0.717) is 13.0 Å². The van der Waals surface area contributed by atoms with Gasteiger partial charge in [-0.05, 0) is 25.1 Å². The zero-order chi connectivity index (χ0) is 13.8. The molecule has 0 aliphatic carbocycles. The van der Waals surface area contributed by atoms with Gasteiger partial charge in [-0.1, -0.05) is 0 Å². The molecule has 0 spiro atoms. The highest BCUT2D eigenvalue weighted by atomic mass is 19.4. The van der Waals surface area contributed by atoms with E-state index in [1.807, 2.05) is 0 Å². The molecule has 0 aliphatic heterocycles. The molecule has 1 rings (SSSR count). The lowest BCUT2D eigenvalue weighted by molar-refractivity contribution is -0.137. The third-order valence-corrected chi connectivity index (χ3v) is 2.39. The van der Waals surface area contributed by atoms with E-state index in [9.17, 15) is 13.2 Å². The van der Waals surface area contributed by atoms with E-state index in [1.54, 1.807) is 14.0 Å². The highest BCUT2D eigenvalue weighted by Gasteiger charge is 2.31. The Hall–Kier alpha value is -1.43. The van der Waals surface area contributed by atoms with Gasteiger partial charge in [0.1, 0.15) is 5.75 Å². The van der Waals surface area contributed by atoms with Gasteiger partial charge in [-0.15, -0.1) is 0 Å². The second-order valence-electron chi connectivity index (χ2n) is 3.96. The molecule has 0 aromatic heterocycles. The van der Waals surface area contributed by atoms with Gasteiger partial charge in [0.05, 0.1) is 17.4 Å². The van der Waals surface area contributed by atoms with Crippen LogP contribution >= 0.6 is 0 Å². The van der Waals surface area contributed by atoms with E-state index in [4.69, 9.17) is 15.2 Å². The molecule has 0 amide bonds. The maximum absolute atomic E-state index is 12.4. The second-order valence-corrected chi connectivity index (χ2v) is 3.96. The summed E-state index contributed by atoms with van der Waals surface area (Å²) in [6.07, 6.45) is -3.94. The predicted molar refractivity (Wildman–Crippen MR) is 62.4 cm³/mol. The minimum absolute atomic E-state index is 0.0194. The molecule has 1 unspecified atom stereocenters. The monoisotopic (exact) mass is 263 g/mol. The molecule has 1 aromatic carbocycles. The number of hydrogen-bond acceptors (Lipinski definition) is 3. The first-order valence-corrected chi connectivity index (χ1v) is 5.47. The Bertz CT molecular complexity index is 393. The summed E-state index contributed by atoms with van der Waals surface area (Å²) in [5.74, 6) is 0.256. The van der Waals surface area contributed by atoms with Crippen molar-refractivity contribution in [1.29, 1.82) is 0 Å². The highest BCUT2D eigenvalue weighted by Crippen LogP contribution is 2.34. The number of rotatable bonds is 5. The number of hydrogen-bond donors (Lipinski definition) is 1. The van der Waals surface area contributed by atoms with Crippen LogP contribution in [0, 0.1) is 0 Å². The van der Waals surface area contributed by atoms with Gasteiger partial charge in [0, 0.05) is 20.1 Å². The molecular weight excluding hydrogens is 247 g/mol. The highest BCUT2D eigenvalue weighted by molar-refractivity contribution is 5.54. The second kappa shape index (κ2) is 5.95. The molecule has 6 heteroatoms. The Morgan fingerprint density at radius 2 is 2.00 bits per heavy atom. The number of benzene rings is 1. The van der Waals surface area contributed by atoms with Crippen molar-refractivity contribution in [2.24, 2.45) is 0 Å². The molecule has 0 aliphatic rings. The van der Waals surface area contributed by atoms with Crippen molar-refractivity contribution in [2.45, 2.75) is 25.6 Å². The first-order chi connectivity index (χ1) is 8.34. The van der Waals surface area contributed by atoms with Crippen LogP contribution in [0.3, 0.4) is 0 Å². The number of ether oxygens (including phenoxy) is 2.